The average molecular weight is 403 g/mol. The maximum Gasteiger partial charge on any atom is 0.300 e. The molecule has 1 N–H and O–H groups in total. The molecule has 1 aromatic carbocycles. The number of allylic oxidation sites excluding steroid dienone is 1. The van der Waals surface area contributed by atoms with Gasteiger partial charge in [-0.1, -0.05) is 6.08 Å². The monoisotopic (exact) mass is 403 g/mol. The first-order valence-corrected chi connectivity index (χ1v) is 9.98. The molecule has 0 radical (unpaired) electrons. The number of fused-ring (bicyclic) bond motifs is 1. The molecule has 1 aromatic rings. The minimum Gasteiger partial charge on any atom is -0.378 e. The molecule has 7 heteroatoms. The van der Waals surface area contributed by atoms with Crippen LogP contribution in [0.15, 0.2) is 48.7 Å². The molecule has 7 nitrogen and oxygen atoms in total. The third-order valence-electron chi connectivity index (χ3n) is 5.46. The van der Waals surface area contributed by atoms with Crippen molar-refractivity contribution >= 4 is 23.6 Å². The zero-order valence-corrected chi connectivity index (χ0v) is 16.6. The lowest BCUT2D eigenvalue weighted by atomic mass is 9.89. The third-order valence-corrected chi connectivity index (χ3v) is 5.46. The molecule has 1 saturated heterocycles. The van der Waals surface area contributed by atoms with E-state index >= 15 is 0 Å². The Morgan fingerprint density at radius 1 is 1.33 bits per heavy atom. The van der Waals surface area contributed by atoms with Gasteiger partial charge in [-0.3, -0.25) is 9.59 Å². The first-order chi connectivity index (χ1) is 14.6. The van der Waals surface area contributed by atoms with Crippen LogP contribution in [0.4, 0.5) is 0 Å². The highest BCUT2D eigenvalue weighted by atomic mass is 16.5. The Hall–Kier alpha value is -3.50. The van der Waals surface area contributed by atoms with E-state index in [0.29, 0.717) is 50.4 Å². The summed E-state index contributed by atoms with van der Waals surface area (Å²) in [5.74, 6) is -0.143. The molecule has 1 unspecified atom stereocenters. The molecule has 3 aliphatic heterocycles. The fourth-order valence-corrected chi connectivity index (χ4v) is 3.90. The summed E-state index contributed by atoms with van der Waals surface area (Å²) in [6, 6.07) is 6.89. The van der Waals surface area contributed by atoms with Gasteiger partial charge in [-0.15, -0.1) is 6.58 Å². The standard InChI is InChI=1S/C23H22N4O3/c1-2-3-6-27-15-20(19-4-5-25-21(19)23(27)29)17-11-16(14-24)12-18(13-17)22(28)26-7-9-30-10-8-26/h2,4-5,11-13,15,21H,1,3,6-10H2/p+1. The number of amides is 2. The van der Waals surface area contributed by atoms with Crippen molar-refractivity contribution in [1.29, 1.82) is 5.26 Å². The summed E-state index contributed by atoms with van der Waals surface area (Å²) >= 11 is 0. The zero-order chi connectivity index (χ0) is 21.1. The summed E-state index contributed by atoms with van der Waals surface area (Å²) in [6.07, 6.45) is 7.90. The number of hydrogen-bond acceptors (Lipinski definition) is 4. The number of ether oxygens (including phenoxy) is 1. The van der Waals surface area contributed by atoms with Crippen LogP contribution in [0.3, 0.4) is 0 Å². The molecule has 0 saturated carbocycles. The highest BCUT2D eigenvalue weighted by Crippen LogP contribution is 2.32. The minimum absolute atomic E-state index is 0.0262. The van der Waals surface area contributed by atoms with Crippen LogP contribution in [0.1, 0.15) is 27.9 Å². The Kier molecular flexibility index (Phi) is 5.59. The topological polar surface area (TPSA) is 87.6 Å². The SMILES string of the molecule is C=CCCN1C=C(c2cc(C#N)cc(C(=O)N3CCOCC3)c2)C2=CC=[NH+]C2C1=O. The number of nitrogens with one attached hydrogen (secondary N) is 1. The average Bonchev–Trinajstić information content (AvgIpc) is 3.29. The second-order valence-corrected chi connectivity index (χ2v) is 7.36. The molecule has 30 heavy (non-hydrogen) atoms. The Balaban J connectivity index is 1.74. The molecule has 0 bridgehead atoms. The second-order valence-electron chi connectivity index (χ2n) is 7.36. The number of carbonyl (C=O) groups excluding carboxylic acids is 2. The van der Waals surface area contributed by atoms with Crippen LogP contribution in [-0.4, -0.2) is 66.7 Å². The molecule has 1 atom stereocenters. The number of benzene rings is 1. The van der Waals surface area contributed by atoms with Crippen molar-refractivity contribution in [1.82, 2.24) is 9.80 Å². The summed E-state index contributed by atoms with van der Waals surface area (Å²) in [7, 11) is 0. The predicted molar refractivity (Wildman–Crippen MR) is 111 cm³/mol. The number of rotatable bonds is 5. The van der Waals surface area contributed by atoms with Gasteiger partial charge in [-0.05, 0) is 30.2 Å². The van der Waals surface area contributed by atoms with Crippen molar-refractivity contribution in [2.24, 2.45) is 0 Å². The van der Waals surface area contributed by atoms with Gasteiger partial charge in [0.1, 0.15) is 0 Å². The van der Waals surface area contributed by atoms with E-state index in [1.807, 2.05) is 18.3 Å². The van der Waals surface area contributed by atoms with Crippen LogP contribution >= 0.6 is 0 Å². The normalized spacial score (nSPS) is 20.4. The van der Waals surface area contributed by atoms with Crippen molar-refractivity contribution in [2.45, 2.75) is 12.5 Å². The second kappa shape index (κ2) is 8.47. The van der Waals surface area contributed by atoms with E-state index in [2.05, 4.69) is 17.6 Å². The zero-order valence-electron chi connectivity index (χ0n) is 16.6. The highest BCUT2D eigenvalue weighted by molar-refractivity contribution is 6.02. The fraction of sp³-hybridized carbons (Fsp3) is 0.304. The van der Waals surface area contributed by atoms with Gasteiger partial charge in [0, 0.05) is 48.6 Å². The first-order valence-electron chi connectivity index (χ1n) is 9.98. The van der Waals surface area contributed by atoms with Crippen LogP contribution in [0, 0.1) is 11.3 Å². The maximum absolute atomic E-state index is 13.0. The van der Waals surface area contributed by atoms with Gasteiger partial charge in [0.15, 0.2) is 6.21 Å². The quantitative estimate of drug-likeness (QED) is 0.714. The van der Waals surface area contributed by atoms with Gasteiger partial charge in [0.2, 0.25) is 0 Å². The maximum atomic E-state index is 13.0. The number of nitriles is 1. The number of nitrogens with zero attached hydrogens (tertiary/aromatic N) is 3. The first kappa shape index (κ1) is 19.8. The van der Waals surface area contributed by atoms with E-state index in [9.17, 15) is 14.9 Å². The largest absolute Gasteiger partial charge is 0.378 e. The lowest BCUT2D eigenvalue weighted by Crippen LogP contribution is -2.79. The summed E-state index contributed by atoms with van der Waals surface area (Å²) < 4.78 is 5.33. The third kappa shape index (κ3) is 3.70. The Morgan fingerprint density at radius 2 is 2.13 bits per heavy atom. The van der Waals surface area contributed by atoms with Crippen LogP contribution < -0.4 is 4.99 Å². The highest BCUT2D eigenvalue weighted by Gasteiger charge is 2.39. The molecule has 2 amide bonds. The molecule has 1 fully saturated rings. The smallest absolute Gasteiger partial charge is 0.300 e. The molecular formula is C23H23N4O3+. The van der Waals surface area contributed by atoms with Gasteiger partial charge >= 0.3 is 0 Å². The van der Waals surface area contributed by atoms with Crippen LogP contribution in [0.5, 0.6) is 0 Å². The van der Waals surface area contributed by atoms with Crippen molar-refractivity contribution in [3.05, 3.63) is 65.4 Å². The Bertz CT molecular complexity index is 1030. The summed E-state index contributed by atoms with van der Waals surface area (Å²) in [4.78, 5) is 32.3. The lowest BCUT2D eigenvalue weighted by Gasteiger charge is -2.28. The van der Waals surface area contributed by atoms with E-state index in [-0.39, 0.29) is 11.8 Å². The fourth-order valence-electron chi connectivity index (χ4n) is 3.90. The van der Waals surface area contributed by atoms with E-state index in [0.717, 1.165) is 16.7 Å². The van der Waals surface area contributed by atoms with Crippen molar-refractivity contribution in [3.63, 3.8) is 0 Å². The van der Waals surface area contributed by atoms with E-state index in [1.54, 1.807) is 34.2 Å². The molecule has 0 aliphatic carbocycles. The van der Waals surface area contributed by atoms with Crippen LogP contribution in [0.25, 0.3) is 5.57 Å². The predicted octanol–water partition coefficient (Wildman–Crippen LogP) is 0.250. The molecule has 3 aliphatic rings. The summed E-state index contributed by atoms with van der Waals surface area (Å²) in [6.45, 7) is 6.34. The molecule has 0 aromatic heterocycles. The number of carbonyl (C=O) groups is 2. The van der Waals surface area contributed by atoms with Gasteiger partial charge in [-0.2, -0.15) is 5.26 Å². The minimum atomic E-state index is -0.459. The Labute approximate surface area is 175 Å². The molecule has 3 heterocycles. The van der Waals surface area contributed by atoms with Gasteiger partial charge in [-0.25, -0.2) is 4.99 Å². The summed E-state index contributed by atoms with van der Waals surface area (Å²) in [5, 5.41) is 9.55. The number of morpholine rings is 1. The van der Waals surface area contributed by atoms with Gasteiger partial charge in [0.05, 0.1) is 24.8 Å². The van der Waals surface area contributed by atoms with Crippen molar-refractivity contribution in [3.8, 4) is 6.07 Å². The van der Waals surface area contributed by atoms with E-state index < -0.39 is 6.04 Å². The number of hydrogen-bond donors (Lipinski definition) is 1. The van der Waals surface area contributed by atoms with Gasteiger partial charge < -0.3 is 14.5 Å². The molecule has 4 rings (SSSR count). The van der Waals surface area contributed by atoms with Crippen LogP contribution in [0.2, 0.25) is 0 Å². The molecule has 0 spiro atoms. The van der Waals surface area contributed by atoms with Crippen molar-refractivity contribution in [2.75, 3.05) is 32.8 Å². The molecule has 152 valence electrons. The van der Waals surface area contributed by atoms with E-state index in [1.165, 1.54) is 0 Å². The van der Waals surface area contributed by atoms with Gasteiger partial charge in [0.25, 0.3) is 17.9 Å². The van der Waals surface area contributed by atoms with E-state index in [4.69, 9.17) is 4.74 Å². The molecular weight excluding hydrogens is 380 g/mol. The lowest BCUT2D eigenvalue weighted by molar-refractivity contribution is -0.467. The Morgan fingerprint density at radius 3 is 2.87 bits per heavy atom. The summed E-state index contributed by atoms with van der Waals surface area (Å²) in [5.41, 5.74) is 3.29. The van der Waals surface area contributed by atoms with Crippen LogP contribution in [-0.2, 0) is 9.53 Å². The van der Waals surface area contributed by atoms with Crippen molar-refractivity contribution < 1.29 is 19.3 Å².